The van der Waals surface area contributed by atoms with Gasteiger partial charge in [0.25, 0.3) is 5.91 Å². The third-order valence-corrected chi connectivity index (χ3v) is 4.14. The van der Waals surface area contributed by atoms with Crippen molar-refractivity contribution in [2.45, 2.75) is 13.5 Å². The van der Waals surface area contributed by atoms with Crippen LogP contribution in [-0.2, 0) is 11.3 Å². The minimum Gasteiger partial charge on any atom is -0.496 e. The number of ether oxygens (including phenoxy) is 2. The zero-order valence-electron chi connectivity index (χ0n) is 14.5. The first-order valence-corrected chi connectivity index (χ1v) is 8.25. The van der Waals surface area contributed by atoms with Crippen LogP contribution < -0.4 is 15.0 Å². The quantitative estimate of drug-likeness (QED) is 0.889. The van der Waals surface area contributed by atoms with Gasteiger partial charge in [0.2, 0.25) is 5.95 Å². The van der Waals surface area contributed by atoms with Gasteiger partial charge in [0.1, 0.15) is 5.75 Å². The Morgan fingerprint density at radius 2 is 2.08 bits per heavy atom. The molecule has 1 aliphatic heterocycles. The molecule has 2 aromatic rings. The summed E-state index contributed by atoms with van der Waals surface area (Å²) in [6.45, 7) is 5.07. The molecular weight excluding hydrogens is 320 g/mol. The van der Waals surface area contributed by atoms with Crippen molar-refractivity contribution >= 4 is 11.9 Å². The number of benzene rings is 1. The summed E-state index contributed by atoms with van der Waals surface area (Å²) in [7, 11) is 1.61. The van der Waals surface area contributed by atoms with E-state index in [4.69, 9.17) is 9.47 Å². The first-order valence-electron chi connectivity index (χ1n) is 8.25. The first-order chi connectivity index (χ1) is 12.2. The molecule has 132 valence electrons. The summed E-state index contributed by atoms with van der Waals surface area (Å²) in [5, 5.41) is 2.90. The lowest BCUT2D eigenvalue weighted by molar-refractivity contribution is 0.0949. The topological polar surface area (TPSA) is 76.6 Å². The van der Waals surface area contributed by atoms with E-state index < -0.39 is 0 Å². The molecule has 1 fully saturated rings. The van der Waals surface area contributed by atoms with E-state index in [1.165, 1.54) is 0 Å². The van der Waals surface area contributed by atoms with Gasteiger partial charge in [0.05, 0.1) is 31.6 Å². The van der Waals surface area contributed by atoms with E-state index in [2.05, 4.69) is 20.2 Å². The molecule has 0 unspecified atom stereocenters. The molecule has 25 heavy (non-hydrogen) atoms. The number of para-hydroxylation sites is 1. The molecule has 1 aromatic heterocycles. The van der Waals surface area contributed by atoms with Crippen LogP contribution >= 0.6 is 0 Å². The smallest absolute Gasteiger partial charge is 0.254 e. The van der Waals surface area contributed by atoms with Crippen LogP contribution in [0.4, 0.5) is 5.95 Å². The van der Waals surface area contributed by atoms with E-state index in [9.17, 15) is 4.79 Å². The van der Waals surface area contributed by atoms with Gasteiger partial charge in [0, 0.05) is 31.4 Å². The maximum absolute atomic E-state index is 12.5. The number of nitrogens with one attached hydrogen (secondary N) is 1. The Hall–Kier alpha value is -2.67. The molecular formula is C18H22N4O3. The molecule has 0 aliphatic carbocycles. The number of rotatable bonds is 5. The van der Waals surface area contributed by atoms with E-state index in [1.54, 1.807) is 13.3 Å². The van der Waals surface area contributed by atoms with Gasteiger partial charge in [-0.1, -0.05) is 18.2 Å². The molecule has 0 bridgehead atoms. The number of hydrogen-bond donors (Lipinski definition) is 1. The number of methoxy groups -OCH3 is 1. The van der Waals surface area contributed by atoms with Gasteiger partial charge in [0.15, 0.2) is 0 Å². The summed E-state index contributed by atoms with van der Waals surface area (Å²) in [5.74, 6) is 1.19. The molecule has 1 aliphatic rings. The largest absolute Gasteiger partial charge is 0.496 e. The Labute approximate surface area is 147 Å². The van der Waals surface area contributed by atoms with Gasteiger partial charge >= 0.3 is 0 Å². The summed E-state index contributed by atoms with van der Waals surface area (Å²) < 4.78 is 10.6. The number of carbonyl (C=O) groups excluding carboxylic acids is 1. The van der Waals surface area contributed by atoms with Crippen molar-refractivity contribution in [3.05, 3.63) is 47.3 Å². The van der Waals surface area contributed by atoms with Crippen LogP contribution in [0.3, 0.4) is 0 Å². The van der Waals surface area contributed by atoms with Crippen LogP contribution in [0.1, 0.15) is 21.6 Å². The summed E-state index contributed by atoms with van der Waals surface area (Å²) in [6.07, 6.45) is 1.59. The van der Waals surface area contributed by atoms with Crippen molar-refractivity contribution in [1.29, 1.82) is 0 Å². The second kappa shape index (κ2) is 7.94. The Kier molecular flexibility index (Phi) is 5.45. The molecule has 0 atom stereocenters. The van der Waals surface area contributed by atoms with Gasteiger partial charge in [-0.3, -0.25) is 4.79 Å². The predicted octanol–water partition coefficient (Wildman–Crippen LogP) is 1.56. The predicted molar refractivity (Wildman–Crippen MR) is 94.0 cm³/mol. The molecule has 7 heteroatoms. The van der Waals surface area contributed by atoms with Crippen molar-refractivity contribution in [2.75, 3.05) is 38.3 Å². The lowest BCUT2D eigenvalue weighted by atomic mass is 10.2. The lowest BCUT2D eigenvalue weighted by Gasteiger charge is -2.27. The molecule has 1 saturated heterocycles. The van der Waals surface area contributed by atoms with Crippen molar-refractivity contribution in [3.8, 4) is 5.75 Å². The number of hydrogen-bond acceptors (Lipinski definition) is 6. The Balaban J connectivity index is 1.67. The normalized spacial score (nSPS) is 14.2. The summed E-state index contributed by atoms with van der Waals surface area (Å²) in [4.78, 5) is 23.4. The zero-order chi connectivity index (χ0) is 17.6. The molecule has 1 aromatic carbocycles. The fourth-order valence-corrected chi connectivity index (χ4v) is 2.71. The van der Waals surface area contributed by atoms with Crippen LogP contribution in [0.2, 0.25) is 0 Å². The molecule has 1 amide bonds. The molecule has 0 radical (unpaired) electrons. The standard InChI is InChI=1S/C18H22N4O3/c1-13-15(12-20-18(21-13)22-7-9-25-10-8-22)17(23)19-11-14-5-3-4-6-16(14)24-2/h3-6,12H,7-11H2,1-2H3,(H,19,23). The molecule has 0 spiro atoms. The fraction of sp³-hybridized carbons (Fsp3) is 0.389. The van der Waals surface area contributed by atoms with Crippen molar-refractivity contribution in [1.82, 2.24) is 15.3 Å². The number of morpholine rings is 1. The number of aromatic nitrogens is 2. The van der Waals surface area contributed by atoms with Crippen LogP contribution in [-0.4, -0.2) is 49.3 Å². The average molecular weight is 342 g/mol. The Morgan fingerprint density at radius 1 is 1.32 bits per heavy atom. The number of aryl methyl sites for hydroxylation is 1. The second-order valence-electron chi connectivity index (χ2n) is 5.76. The van der Waals surface area contributed by atoms with Crippen molar-refractivity contribution in [3.63, 3.8) is 0 Å². The monoisotopic (exact) mass is 342 g/mol. The number of amides is 1. The maximum Gasteiger partial charge on any atom is 0.254 e. The minimum atomic E-state index is -0.197. The van der Waals surface area contributed by atoms with E-state index >= 15 is 0 Å². The number of nitrogens with zero attached hydrogens (tertiary/aromatic N) is 3. The van der Waals surface area contributed by atoms with Crippen LogP contribution in [0, 0.1) is 6.92 Å². The van der Waals surface area contributed by atoms with E-state index in [-0.39, 0.29) is 5.91 Å². The molecule has 3 rings (SSSR count). The molecule has 0 saturated carbocycles. The van der Waals surface area contributed by atoms with Crippen molar-refractivity contribution < 1.29 is 14.3 Å². The third kappa shape index (κ3) is 4.06. The molecule has 7 nitrogen and oxygen atoms in total. The van der Waals surface area contributed by atoms with Crippen LogP contribution in [0.25, 0.3) is 0 Å². The SMILES string of the molecule is COc1ccccc1CNC(=O)c1cnc(N2CCOCC2)nc1C. The summed E-state index contributed by atoms with van der Waals surface area (Å²) >= 11 is 0. The molecule has 2 heterocycles. The first kappa shape index (κ1) is 17.2. The van der Waals surface area contributed by atoms with Gasteiger partial charge in [-0.25, -0.2) is 9.97 Å². The fourth-order valence-electron chi connectivity index (χ4n) is 2.71. The third-order valence-electron chi connectivity index (χ3n) is 4.14. The maximum atomic E-state index is 12.5. The second-order valence-corrected chi connectivity index (χ2v) is 5.76. The van der Waals surface area contributed by atoms with E-state index in [0.29, 0.717) is 37.0 Å². The highest BCUT2D eigenvalue weighted by molar-refractivity contribution is 5.95. The summed E-state index contributed by atoms with van der Waals surface area (Å²) in [6, 6.07) is 7.60. The minimum absolute atomic E-state index is 0.197. The lowest BCUT2D eigenvalue weighted by Crippen LogP contribution is -2.37. The zero-order valence-corrected chi connectivity index (χ0v) is 14.5. The highest BCUT2D eigenvalue weighted by atomic mass is 16.5. The van der Waals surface area contributed by atoms with Gasteiger partial charge in [-0.05, 0) is 13.0 Å². The molecule has 1 N–H and O–H groups in total. The van der Waals surface area contributed by atoms with Crippen LogP contribution in [0.15, 0.2) is 30.5 Å². The number of carbonyl (C=O) groups is 1. The highest BCUT2D eigenvalue weighted by Crippen LogP contribution is 2.17. The van der Waals surface area contributed by atoms with Gasteiger partial charge in [-0.15, -0.1) is 0 Å². The van der Waals surface area contributed by atoms with E-state index in [1.807, 2.05) is 31.2 Å². The van der Waals surface area contributed by atoms with Gasteiger partial charge < -0.3 is 19.7 Å². The highest BCUT2D eigenvalue weighted by Gasteiger charge is 2.17. The van der Waals surface area contributed by atoms with Crippen LogP contribution in [0.5, 0.6) is 5.75 Å². The average Bonchev–Trinajstić information content (AvgIpc) is 2.67. The Morgan fingerprint density at radius 3 is 2.80 bits per heavy atom. The van der Waals surface area contributed by atoms with E-state index in [0.717, 1.165) is 24.4 Å². The van der Waals surface area contributed by atoms with Crippen molar-refractivity contribution in [2.24, 2.45) is 0 Å². The number of anilines is 1. The van der Waals surface area contributed by atoms with Gasteiger partial charge in [-0.2, -0.15) is 0 Å². The summed E-state index contributed by atoms with van der Waals surface area (Å²) in [5.41, 5.74) is 2.06. The Bertz CT molecular complexity index is 745.